The van der Waals surface area contributed by atoms with Gasteiger partial charge in [0.05, 0.1) is 6.54 Å². The number of nitrogen functional groups attached to an aromatic ring is 1. The molecule has 1 heterocycles. The number of hydrogen-bond acceptors (Lipinski definition) is 2. The van der Waals surface area contributed by atoms with E-state index in [1.807, 2.05) is 16.9 Å². The quantitative estimate of drug-likeness (QED) is 0.744. The molecule has 1 aliphatic rings. The second-order valence-corrected chi connectivity index (χ2v) is 3.20. The summed E-state index contributed by atoms with van der Waals surface area (Å²) in [5, 5.41) is 4.12. The highest BCUT2D eigenvalue weighted by atomic mass is 15.3. The van der Waals surface area contributed by atoms with E-state index in [-0.39, 0.29) is 0 Å². The molecule has 0 amide bonds. The van der Waals surface area contributed by atoms with Gasteiger partial charge in [-0.15, -0.1) is 0 Å². The van der Waals surface area contributed by atoms with E-state index in [2.05, 4.69) is 23.3 Å². The fourth-order valence-electron chi connectivity index (χ4n) is 1.44. The summed E-state index contributed by atoms with van der Waals surface area (Å²) in [6.45, 7) is 0.827. The van der Waals surface area contributed by atoms with Crippen molar-refractivity contribution in [3.05, 3.63) is 36.1 Å². The Bertz CT molecular complexity index is 347. The topological polar surface area (TPSA) is 43.8 Å². The highest BCUT2D eigenvalue weighted by Gasteiger charge is 1.99. The van der Waals surface area contributed by atoms with Crippen molar-refractivity contribution in [2.24, 2.45) is 0 Å². The van der Waals surface area contributed by atoms with Gasteiger partial charge in [-0.05, 0) is 24.5 Å². The predicted molar refractivity (Wildman–Crippen MR) is 53.1 cm³/mol. The molecule has 0 bridgehead atoms. The second kappa shape index (κ2) is 3.47. The van der Waals surface area contributed by atoms with E-state index in [0.717, 1.165) is 19.4 Å². The van der Waals surface area contributed by atoms with Crippen LogP contribution in [0.5, 0.6) is 0 Å². The first-order chi connectivity index (χ1) is 6.34. The summed E-state index contributed by atoms with van der Waals surface area (Å²) in [5.74, 6) is 0.584. The molecular formula is C10H13N3. The van der Waals surface area contributed by atoms with Crippen molar-refractivity contribution in [3.63, 3.8) is 0 Å². The van der Waals surface area contributed by atoms with Crippen LogP contribution in [0.1, 0.15) is 12.8 Å². The molecule has 2 N–H and O–H groups in total. The standard InChI is InChI=1S/C10H13N3/c11-10-6-7-13(12-10)8-9-4-2-1-3-5-9/h2,4-7H,1,3,8H2,(H2,11,12). The summed E-state index contributed by atoms with van der Waals surface area (Å²) in [6, 6.07) is 1.81. The fraction of sp³-hybridized carbons (Fsp3) is 0.300. The van der Waals surface area contributed by atoms with Crippen molar-refractivity contribution in [1.29, 1.82) is 0 Å². The van der Waals surface area contributed by atoms with Gasteiger partial charge in [-0.3, -0.25) is 4.68 Å². The summed E-state index contributed by atoms with van der Waals surface area (Å²) in [7, 11) is 0. The van der Waals surface area contributed by atoms with Crippen LogP contribution in [0.15, 0.2) is 36.1 Å². The number of anilines is 1. The van der Waals surface area contributed by atoms with Crippen LogP contribution >= 0.6 is 0 Å². The molecule has 1 aliphatic carbocycles. The lowest BCUT2D eigenvalue weighted by Crippen LogP contribution is -2.02. The van der Waals surface area contributed by atoms with Crippen LogP contribution in [0.2, 0.25) is 0 Å². The molecule has 0 aliphatic heterocycles. The Morgan fingerprint density at radius 3 is 3.00 bits per heavy atom. The Kier molecular flexibility index (Phi) is 2.17. The van der Waals surface area contributed by atoms with Crippen molar-refractivity contribution in [1.82, 2.24) is 9.78 Å². The molecule has 0 aromatic carbocycles. The SMILES string of the molecule is Nc1ccn(CC2=CCCC=C2)n1. The minimum Gasteiger partial charge on any atom is -0.382 e. The lowest BCUT2D eigenvalue weighted by Gasteiger charge is -2.06. The zero-order valence-electron chi connectivity index (χ0n) is 7.48. The van der Waals surface area contributed by atoms with E-state index in [4.69, 9.17) is 5.73 Å². The van der Waals surface area contributed by atoms with Crippen LogP contribution < -0.4 is 5.73 Å². The van der Waals surface area contributed by atoms with E-state index < -0.39 is 0 Å². The summed E-state index contributed by atoms with van der Waals surface area (Å²) in [4.78, 5) is 0. The third-order valence-corrected chi connectivity index (χ3v) is 2.08. The maximum atomic E-state index is 5.51. The van der Waals surface area contributed by atoms with Gasteiger partial charge in [-0.1, -0.05) is 18.2 Å². The van der Waals surface area contributed by atoms with Gasteiger partial charge in [-0.25, -0.2) is 0 Å². The summed E-state index contributed by atoms with van der Waals surface area (Å²) >= 11 is 0. The van der Waals surface area contributed by atoms with Gasteiger partial charge < -0.3 is 5.73 Å². The molecule has 2 rings (SSSR count). The zero-order chi connectivity index (χ0) is 9.10. The molecule has 3 heteroatoms. The van der Waals surface area contributed by atoms with Gasteiger partial charge in [0.25, 0.3) is 0 Å². The predicted octanol–water partition coefficient (Wildman–Crippen LogP) is 1.74. The molecule has 13 heavy (non-hydrogen) atoms. The molecule has 0 saturated heterocycles. The molecule has 0 spiro atoms. The Labute approximate surface area is 77.5 Å². The number of nitrogens with two attached hydrogens (primary N) is 1. The number of aromatic nitrogens is 2. The summed E-state index contributed by atoms with van der Waals surface area (Å²) in [6.07, 6.45) is 10.8. The molecule has 0 saturated carbocycles. The third kappa shape index (κ3) is 1.99. The van der Waals surface area contributed by atoms with Gasteiger partial charge >= 0.3 is 0 Å². The number of hydrogen-bond donors (Lipinski definition) is 1. The molecule has 0 fully saturated rings. The van der Waals surface area contributed by atoms with Crippen molar-refractivity contribution < 1.29 is 0 Å². The van der Waals surface area contributed by atoms with Crippen LogP contribution in [-0.2, 0) is 6.54 Å². The second-order valence-electron chi connectivity index (χ2n) is 3.20. The minimum atomic E-state index is 0.584. The summed E-state index contributed by atoms with van der Waals surface area (Å²) in [5.41, 5.74) is 6.83. The smallest absolute Gasteiger partial charge is 0.145 e. The number of allylic oxidation sites excluding steroid dienone is 4. The van der Waals surface area contributed by atoms with Gasteiger partial charge in [0.15, 0.2) is 0 Å². The van der Waals surface area contributed by atoms with Gasteiger partial charge in [0.2, 0.25) is 0 Å². The Balaban J connectivity index is 2.05. The molecule has 1 aromatic rings. The van der Waals surface area contributed by atoms with Crippen molar-refractivity contribution in [2.45, 2.75) is 19.4 Å². The zero-order valence-corrected chi connectivity index (χ0v) is 7.48. The van der Waals surface area contributed by atoms with E-state index in [1.165, 1.54) is 5.57 Å². The monoisotopic (exact) mass is 175 g/mol. The van der Waals surface area contributed by atoms with Gasteiger partial charge in [0.1, 0.15) is 5.82 Å². The van der Waals surface area contributed by atoms with Crippen LogP contribution in [0.25, 0.3) is 0 Å². The number of nitrogens with zero attached hydrogens (tertiary/aromatic N) is 2. The highest BCUT2D eigenvalue weighted by Crippen LogP contribution is 2.11. The normalized spacial score (nSPS) is 15.8. The van der Waals surface area contributed by atoms with E-state index in [9.17, 15) is 0 Å². The fourth-order valence-corrected chi connectivity index (χ4v) is 1.44. The molecule has 68 valence electrons. The van der Waals surface area contributed by atoms with Crippen LogP contribution in [0, 0.1) is 0 Å². The molecule has 1 aromatic heterocycles. The van der Waals surface area contributed by atoms with Crippen molar-refractivity contribution in [2.75, 3.05) is 5.73 Å². The van der Waals surface area contributed by atoms with E-state index in [0.29, 0.717) is 5.82 Å². The van der Waals surface area contributed by atoms with Gasteiger partial charge in [0, 0.05) is 6.20 Å². The first kappa shape index (κ1) is 8.10. The van der Waals surface area contributed by atoms with Gasteiger partial charge in [-0.2, -0.15) is 5.10 Å². The van der Waals surface area contributed by atoms with Crippen molar-refractivity contribution in [3.8, 4) is 0 Å². The van der Waals surface area contributed by atoms with E-state index >= 15 is 0 Å². The maximum Gasteiger partial charge on any atom is 0.145 e. The lowest BCUT2D eigenvalue weighted by atomic mass is 10.1. The first-order valence-corrected chi connectivity index (χ1v) is 4.49. The average molecular weight is 175 g/mol. The van der Waals surface area contributed by atoms with Crippen LogP contribution in [-0.4, -0.2) is 9.78 Å². The maximum absolute atomic E-state index is 5.51. The van der Waals surface area contributed by atoms with E-state index in [1.54, 1.807) is 0 Å². The Morgan fingerprint density at radius 2 is 2.38 bits per heavy atom. The van der Waals surface area contributed by atoms with Crippen LogP contribution in [0.4, 0.5) is 5.82 Å². The molecule has 0 atom stereocenters. The largest absolute Gasteiger partial charge is 0.382 e. The average Bonchev–Trinajstić information content (AvgIpc) is 2.53. The molecule has 0 radical (unpaired) electrons. The third-order valence-electron chi connectivity index (χ3n) is 2.08. The molecule has 0 unspecified atom stereocenters. The molecule has 3 nitrogen and oxygen atoms in total. The summed E-state index contributed by atoms with van der Waals surface area (Å²) < 4.78 is 1.86. The van der Waals surface area contributed by atoms with Crippen molar-refractivity contribution >= 4 is 5.82 Å². The van der Waals surface area contributed by atoms with Crippen LogP contribution in [0.3, 0.4) is 0 Å². The first-order valence-electron chi connectivity index (χ1n) is 4.49. The minimum absolute atomic E-state index is 0.584. The number of rotatable bonds is 2. The Hall–Kier alpha value is -1.51. The molecular weight excluding hydrogens is 162 g/mol. The lowest BCUT2D eigenvalue weighted by molar-refractivity contribution is 0.684. The Morgan fingerprint density at radius 1 is 1.46 bits per heavy atom. The highest BCUT2D eigenvalue weighted by molar-refractivity contribution is 5.26.